The number of aromatic nitrogens is 1. The Kier molecular flexibility index (Phi) is 3.41. The highest BCUT2D eigenvalue weighted by Crippen LogP contribution is 2.31. The first-order valence-corrected chi connectivity index (χ1v) is 7.83. The number of halogens is 1. The molecule has 0 radical (unpaired) electrons. The van der Waals surface area contributed by atoms with Gasteiger partial charge in [-0.15, -0.1) is 0 Å². The highest BCUT2D eigenvalue weighted by Gasteiger charge is 2.25. The lowest BCUT2D eigenvalue weighted by Crippen LogP contribution is -2.29. The number of pyridine rings is 1. The molecule has 4 nitrogen and oxygen atoms in total. The maximum atomic E-state index is 13.3. The smallest absolute Gasteiger partial charge is 0.268 e. The fourth-order valence-electron chi connectivity index (χ4n) is 3.31. The van der Waals surface area contributed by atoms with Gasteiger partial charge in [-0.1, -0.05) is 24.3 Å². The fraction of sp³-hybridized carbons (Fsp3) is 0.158. The van der Waals surface area contributed by atoms with Crippen LogP contribution in [0.4, 0.5) is 4.39 Å². The number of benzene rings is 2. The van der Waals surface area contributed by atoms with Crippen LogP contribution in [0.1, 0.15) is 34.1 Å². The van der Waals surface area contributed by atoms with Crippen molar-refractivity contribution in [1.82, 2.24) is 10.3 Å². The van der Waals surface area contributed by atoms with Crippen LogP contribution in [0.3, 0.4) is 0 Å². The van der Waals surface area contributed by atoms with Crippen LogP contribution < -0.4 is 10.9 Å². The Balaban J connectivity index is 1.63. The first-order valence-electron chi connectivity index (χ1n) is 7.83. The van der Waals surface area contributed by atoms with Crippen molar-refractivity contribution in [3.05, 3.63) is 81.5 Å². The Bertz CT molecular complexity index is 1010. The molecule has 5 heteroatoms. The minimum absolute atomic E-state index is 0.164. The highest BCUT2D eigenvalue weighted by atomic mass is 19.1. The SMILES string of the molecule is O=C(N[C@@H]1CCc2cc(F)ccc21)c1cc2ccccc2c(=O)[nH]1. The van der Waals surface area contributed by atoms with Crippen LogP contribution in [0.5, 0.6) is 0 Å². The van der Waals surface area contributed by atoms with Crippen LogP contribution in [0.25, 0.3) is 10.8 Å². The summed E-state index contributed by atoms with van der Waals surface area (Å²) in [6.07, 6.45) is 1.45. The number of amides is 1. The summed E-state index contributed by atoms with van der Waals surface area (Å²) < 4.78 is 13.3. The summed E-state index contributed by atoms with van der Waals surface area (Å²) in [5.74, 6) is -0.598. The molecule has 2 aromatic carbocycles. The van der Waals surface area contributed by atoms with Gasteiger partial charge < -0.3 is 10.3 Å². The lowest BCUT2D eigenvalue weighted by molar-refractivity contribution is 0.0931. The second kappa shape index (κ2) is 5.60. The van der Waals surface area contributed by atoms with Gasteiger partial charge in [-0.05, 0) is 53.6 Å². The maximum Gasteiger partial charge on any atom is 0.268 e. The number of carbonyl (C=O) groups excluding carboxylic acids is 1. The predicted molar refractivity (Wildman–Crippen MR) is 89.5 cm³/mol. The van der Waals surface area contributed by atoms with Gasteiger partial charge >= 0.3 is 0 Å². The van der Waals surface area contributed by atoms with E-state index >= 15 is 0 Å². The molecule has 120 valence electrons. The predicted octanol–water partition coefficient (Wildman–Crippen LogP) is 3.08. The molecule has 0 saturated carbocycles. The van der Waals surface area contributed by atoms with Crippen LogP contribution in [0, 0.1) is 5.82 Å². The third-order valence-corrected chi connectivity index (χ3v) is 4.49. The lowest BCUT2D eigenvalue weighted by Gasteiger charge is -2.14. The number of hydrogen-bond acceptors (Lipinski definition) is 2. The maximum absolute atomic E-state index is 13.3. The third-order valence-electron chi connectivity index (χ3n) is 4.49. The van der Waals surface area contributed by atoms with Gasteiger partial charge in [-0.25, -0.2) is 4.39 Å². The molecular weight excluding hydrogens is 307 g/mol. The van der Waals surface area contributed by atoms with E-state index in [2.05, 4.69) is 10.3 Å². The van der Waals surface area contributed by atoms with Crippen LogP contribution in [-0.4, -0.2) is 10.9 Å². The molecule has 4 rings (SSSR count). The summed E-state index contributed by atoms with van der Waals surface area (Å²) in [5.41, 5.74) is 1.81. The highest BCUT2D eigenvalue weighted by molar-refractivity contribution is 5.96. The first-order chi connectivity index (χ1) is 11.6. The number of hydrogen-bond donors (Lipinski definition) is 2. The second-order valence-corrected chi connectivity index (χ2v) is 6.01. The Morgan fingerprint density at radius 1 is 1.17 bits per heavy atom. The van der Waals surface area contributed by atoms with Crippen LogP contribution in [-0.2, 0) is 6.42 Å². The zero-order chi connectivity index (χ0) is 16.7. The molecule has 24 heavy (non-hydrogen) atoms. The minimum atomic E-state index is -0.333. The summed E-state index contributed by atoms with van der Waals surface area (Å²) in [6.45, 7) is 0. The Morgan fingerprint density at radius 3 is 2.88 bits per heavy atom. The molecule has 0 fully saturated rings. The van der Waals surface area contributed by atoms with E-state index in [0.29, 0.717) is 5.39 Å². The van der Waals surface area contributed by atoms with Gasteiger partial charge in [-0.2, -0.15) is 0 Å². The summed E-state index contributed by atoms with van der Waals surface area (Å²) in [7, 11) is 0. The van der Waals surface area contributed by atoms with E-state index in [0.717, 1.165) is 29.4 Å². The van der Waals surface area contributed by atoms with E-state index in [1.165, 1.54) is 12.1 Å². The number of aromatic amines is 1. The van der Waals surface area contributed by atoms with Crippen molar-refractivity contribution in [2.45, 2.75) is 18.9 Å². The zero-order valence-electron chi connectivity index (χ0n) is 12.8. The van der Waals surface area contributed by atoms with Gasteiger partial charge in [0.1, 0.15) is 11.5 Å². The number of aryl methyl sites for hydroxylation is 1. The standard InChI is InChI=1S/C19H15FN2O2/c20-13-6-7-14-12(9-13)5-8-16(14)21-19(24)17-10-11-3-1-2-4-15(11)18(23)22-17/h1-4,6-7,9-10,16H,5,8H2,(H,21,24)(H,22,23)/t16-/m1/s1. The summed E-state index contributed by atoms with van der Waals surface area (Å²) in [5, 5.41) is 4.21. The Morgan fingerprint density at radius 2 is 2.00 bits per heavy atom. The summed E-state index contributed by atoms with van der Waals surface area (Å²) in [6, 6.07) is 13.3. The molecule has 0 bridgehead atoms. The van der Waals surface area contributed by atoms with Crippen molar-refractivity contribution in [3.8, 4) is 0 Å². The van der Waals surface area contributed by atoms with Crippen molar-refractivity contribution in [2.24, 2.45) is 0 Å². The van der Waals surface area contributed by atoms with Gasteiger partial charge in [0.05, 0.1) is 6.04 Å². The summed E-state index contributed by atoms with van der Waals surface area (Å²) in [4.78, 5) is 27.2. The van der Waals surface area contributed by atoms with Gasteiger partial charge in [0.15, 0.2) is 0 Å². The van der Waals surface area contributed by atoms with Crippen molar-refractivity contribution in [2.75, 3.05) is 0 Å². The van der Waals surface area contributed by atoms with E-state index in [1.54, 1.807) is 30.3 Å². The molecule has 0 spiro atoms. The van der Waals surface area contributed by atoms with E-state index in [1.807, 2.05) is 6.07 Å². The Hall–Kier alpha value is -2.95. The molecule has 3 aromatic rings. The molecule has 1 aliphatic carbocycles. The fourth-order valence-corrected chi connectivity index (χ4v) is 3.31. The molecule has 1 heterocycles. The molecule has 2 N–H and O–H groups in total. The van der Waals surface area contributed by atoms with Crippen molar-refractivity contribution in [1.29, 1.82) is 0 Å². The number of nitrogens with one attached hydrogen (secondary N) is 2. The quantitative estimate of drug-likeness (QED) is 0.761. The van der Waals surface area contributed by atoms with Crippen molar-refractivity contribution < 1.29 is 9.18 Å². The zero-order valence-corrected chi connectivity index (χ0v) is 12.8. The van der Waals surface area contributed by atoms with E-state index in [9.17, 15) is 14.0 Å². The van der Waals surface area contributed by atoms with Crippen LogP contribution >= 0.6 is 0 Å². The van der Waals surface area contributed by atoms with E-state index in [-0.39, 0.29) is 29.0 Å². The Labute approximate surface area is 137 Å². The van der Waals surface area contributed by atoms with Gasteiger partial charge in [0.2, 0.25) is 0 Å². The molecular formula is C19H15FN2O2. The topological polar surface area (TPSA) is 62.0 Å². The number of carbonyl (C=O) groups is 1. The van der Waals surface area contributed by atoms with E-state index in [4.69, 9.17) is 0 Å². The molecule has 1 aromatic heterocycles. The molecule has 1 amide bonds. The van der Waals surface area contributed by atoms with Crippen LogP contribution in [0.15, 0.2) is 53.3 Å². The third kappa shape index (κ3) is 2.48. The molecule has 0 aliphatic heterocycles. The average Bonchev–Trinajstić information content (AvgIpc) is 2.96. The lowest BCUT2D eigenvalue weighted by atomic mass is 10.1. The van der Waals surface area contributed by atoms with E-state index < -0.39 is 0 Å². The van der Waals surface area contributed by atoms with Gasteiger partial charge in [-0.3, -0.25) is 9.59 Å². The van der Waals surface area contributed by atoms with Gasteiger partial charge in [0.25, 0.3) is 11.5 Å². The monoisotopic (exact) mass is 322 g/mol. The normalized spacial score (nSPS) is 16.1. The summed E-state index contributed by atoms with van der Waals surface area (Å²) >= 11 is 0. The number of H-pyrrole nitrogens is 1. The van der Waals surface area contributed by atoms with Crippen LogP contribution in [0.2, 0.25) is 0 Å². The molecule has 0 saturated heterocycles. The van der Waals surface area contributed by atoms with Gasteiger partial charge in [0, 0.05) is 5.39 Å². The number of rotatable bonds is 2. The number of fused-ring (bicyclic) bond motifs is 2. The average molecular weight is 322 g/mol. The van der Waals surface area contributed by atoms with Crippen molar-refractivity contribution in [3.63, 3.8) is 0 Å². The first kappa shape index (κ1) is 14.6. The molecule has 1 aliphatic rings. The molecule has 0 unspecified atom stereocenters. The largest absolute Gasteiger partial charge is 0.344 e. The minimum Gasteiger partial charge on any atom is -0.344 e. The molecule has 1 atom stereocenters. The second-order valence-electron chi connectivity index (χ2n) is 6.01. The van der Waals surface area contributed by atoms with Crippen molar-refractivity contribution >= 4 is 16.7 Å².